The number of carbonyl (C=O) groups excluding carboxylic acids is 2. The number of nitrogens with zero attached hydrogens (tertiary/aromatic N) is 2. The summed E-state index contributed by atoms with van der Waals surface area (Å²) in [6.45, 7) is 1.63. The van der Waals surface area contributed by atoms with E-state index in [0.717, 1.165) is 9.86 Å². The van der Waals surface area contributed by atoms with Gasteiger partial charge in [0.1, 0.15) is 11.4 Å². The molecule has 1 atom stereocenters. The number of nitrogens with two attached hydrogens (primary N) is 1. The molecule has 3 N–H and O–H groups in total. The van der Waals surface area contributed by atoms with E-state index >= 15 is 0 Å². The van der Waals surface area contributed by atoms with Crippen molar-refractivity contribution >= 4 is 50.4 Å². The van der Waals surface area contributed by atoms with Gasteiger partial charge < -0.3 is 15.5 Å². The lowest BCUT2D eigenvalue weighted by Crippen LogP contribution is -2.47. The highest BCUT2D eigenvalue weighted by atomic mass is 79.9. The number of rotatable bonds is 3. The standard InChI is InChI=1S/C21H18BrFN4O3/c1-21(10-18(28)27(2)20(24)26-21)14-9-13(4-5-15(14)23)25-19(29)17-8-11-7-12(22)3-6-16(11)30-17/h3-9H,10H2,1-2H3,(H2,24,26)(H,25,29). The molecule has 154 valence electrons. The van der Waals surface area contributed by atoms with Gasteiger partial charge in [0.25, 0.3) is 5.91 Å². The average molecular weight is 473 g/mol. The summed E-state index contributed by atoms with van der Waals surface area (Å²) < 4.78 is 21.1. The number of carbonyl (C=O) groups is 2. The summed E-state index contributed by atoms with van der Waals surface area (Å²) in [6.07, 6.45) is -0.0447. The highest BCUT2D eigenvalue weighted by Crippen LogP contribution is 2.36. The highest BCUT2D eigenvalue weighted by Gasteiger charge is 2.38. The maximum absolute atomic E-state index is 14.6. The van der Waals surface area contributed by atoms with E-state index in [-0.39, 0.29) is 29.6 Å². The normalized spacial score (nSPS) is 19.1. The van der Waals surface area contributed by atoms with Crippen LogP contribution in [0.15, 0.2) is 56.3 Å². The number of halogens is 2. The minimum Gasteiger partial charge on any atom is -0.451 e. The van der Waals surface area contributed by atoms with Crippen LogP contribution in [-0.4, -0.2) is 29.7 Å². The van der Waals surface area contributed by atoms with Crippen LogP contribution in [0.2, 0.25) is 0 Å². The molecule has 4 rings (SSSR count). The van der Waals surface area contributed by atoms with Crippen molar-refractivity contribution in [1.29, 1.82) is 0 Å². The maximum Gasteiger partial charge on any atom is 0.291 e. The number of benzene rings is 2. The summed E-state index contributed by atoms with van der Waals surface area (Å²) in [7, 11) is 1.51. The fourth-order valence-corrected chi connectivity index (χ4v) is 3.78. The Morgan fingerprint density at radius 2 is 2.07 bits per heavy atom. The Bertz CT molecular complexity index is 1220. The first-order chi connectivity index (χ1) is 14.2. The molecule has 30 heavy (non-hydrogen) atoms. The Hall–Kier alpha value is -3.20. The molecule has 0 radical (unpaired) electrons. The van der Waals surface area contributed by atoms with Crippen LogP contribution in [0, 0.1) is 5.82 Å². The van der Waals surface area contributed by atoms with Gasteiger partial charge in [-0.3, -0.25) is 14.5 Å². The molecule has 7 nitrogen and oxygen atoms in total. The van der Waals surface area contributed by atoms with E-state index in [0.29, 0.717) is 11.3 Å². The number of hydrogen-bond donors (Lipinski definition) is 2. The molecule has 0 bridgehead atoms. The third-order valence-corrected chi connectivity index (χ3v) is 5.57. The largest absolute Gasteiger partial charge is 0.451 e. The van der Waals surface area contributed by atoms with E-state index in [2.05, 4.69) is 26.2 Å². The lowest BCUT2D eigenvalue weighted by atomic mass is 9.87. The predicted molar refractivity (Wildman–Crippen MR) is 115 cm³/mol. The number of nitrogens with one attached hydrogen (secondary N) is 1. The van der Waals surface area contributed by atoms with Crippen LogP contribution in [0.4, 0.5) is 10.1 Å². The van der Waals surface area contributed by atoms with Crippen molar-refractivity contribution in [3.63, 3.8) is 0 Å². The zero-order valence-electron chi connectivity index (χ0n) is 16.2. The van der Waals surface area contributed by atoms with Gasteiger partial charge in [0.2, 0.25) is 5.91 Å². The van der Waals surface area contributed by atoms with Crippen molar-refractivity contribution in [2.24, 2.45) is 10.7 Å². The summed E-state index contributed by atoms with van der Waals surface area (Å²) in [5.41, 5.74) is 5.73. The molecule has 0 saturated carbocycles. The number of anilines is 1. The monoisotopic (exact) mass is 472 g/mol. The molecule has 1 aliphatic heterocycles. The zero-order valence-corrected chi connectivity index (χ0v) is 17.8. The van der Waals surface area contributed by atoms with E-state index in [1.807, 2.05) is 12.1 Å². The Morgan fingerprint density at radius 3 is 2.80 bits per heavy atom. The van der Waals surface area contributed by atoms with Crippen molar-refractivity contribution < 1.29 is 18.4 Å². The van der Waals surface area contributed by atoms with Gasteiger partial charge in [-0.25, -0.2) is 9.38 Å². The molecule has 9 heteroatoms. The highest BCUT2D eigenvalue weighted by molar-refractivity contribution is 9.10. The third-order valence-electron chi connectivity index (χ3n) is 5.08. The van der Waals surface area contributed by atoms with Crippen LogP contribution in [-0.2, 0) is 10.3 Å². The topological polar surface area (TPSA) is 101 Å². The van der Waals surface area contributed by atoms with Gasteiger partial charge in [0, 0.05) is 28.2 Å². The molecular weight excluding hydrogens is 455 g/mol. The minimum absolute atomic E-state index is 0.0102. The van der Waals surface area contributed by atoms with Crippen LogP contribution in [0.25, 0.3) is 11.0 Å². The molecule has 1 aliphatic rings. The first-order valence-corrected chi connectivity index (χ1v) is 9.88. The van der Waals surface area contributed by atoms with Crippen LogP contribution in [0.3, 0.4) is 0 Å². The van der Waals surface area contributed by atoms with Crippen molar-refractivity contribution in [2.45, 2.75) is 18.9 Å². The van der Waals surface area contributed by atoms with Gasteiger partial charge in [0.05, 0.1) is 12.0 Å². The van der Waals surface area contributed by atoms with Crippen LogP contribution >= 0.6 is 15.9 Å². The van der Waals surface area contributed by atoms with Crippen molar-refractivity contribution in [3.8, 4) is 0 Å². The summed E-state index contributed by atoms with van der Waals surface area (Å²) in [5.74, 6) is -1.16. The number of guanidine groups is 1. The molecule has 3 aromatic rings. The third kappa shape index (κ3) is 3.56. The first kappa shape index (κ1) is 20.1. The van der Waals surface area contributed by atoms with E-state index in [9.17, 15) is 14.0 Å². The minimum atomic E-state index is -1.18. The number of amides is 2. The molecule has 0 saturated heterocycles. The molecule has 1 aromatic heterocycles. The molecule has 0 fully saturated rings. The fourth-order valence-electron chi connectivity index (χ4n) is 3.40. The van der Waals surface area contributed by atoms with E-state index in [1.165, 1.54) is 30.1 Å². The van der Waals surface area contributed by atoms with Crippen LogP contribution < -0.4 is 11.1 Å². The van der Waals surface area contributed by atoms with Gasteiger partial charge in [-0.1, -0.05) is 15.9 Å². The second-order valence-electron chi connectivity index (χ2n) is 7.31. The Labute approximate surface area is 179 Å². The van der Waals surface area contributed by atoms with Gasteiger partial charge in [-0.15, -0.1) is 0 Å². The lowest BCUT2D eigenvalue weighted by Gasteiger charge is -2.34. The van der Waals surface area contributed by atoms with Crippen molar-refractivity contribution in [1.82, 2.24) is 4.90 Å². The Balaban J connectivity index is 1.64. The Kier molecular flexibility index (Phi) is 4.85. The lowest BCUT2D eigenvalue weighted by molar-refractivity contribution is -0.128. The second kappa shape index (κ2) is 7.24. The van der Waals surface area contributed by atoms with Crippen LogP contribution in [0.1, 0.15) is 29.5 Å². The predicted octanol–water partition coefficient (Wildman–Crippen LogP) is 3.98. The molecule has 2 amide bonds. The molecular formula is C21H18BrFN4O3. The van der Waals surface area contributed by atoms with Gasteiger partial charge in [-0.05, 0) is 49.4 Å². The molecule has 0 aliphatic carbocycles. The summed E-state index contributed by atoms with van der Waals surface area (Å²) >= 11 is 3.38. The number of furan rings is 1. The molecule has 2 heterocycles. The van der Waals surface area contributed by atoms with Gasteiger partial charge in [-0.2, -0.15) is 0 Å². The van der Waals surface area contributed by atoms with E-state index in [4.69, 9.17) is 10.2 Å². The maximum atomic E-state index is 14.6. The van der Waals surface area contributed by atoms with Crippen molar-refractivity contribution in [3.05, 3.63) is 64.1 Å². The fraction of sp³-hybridized carbons (Fsp3) is 0.190. The zero-order chi connectivity index (χ0) is 21.6. The van der Waals surface area contributed by atoms with Crippen LogP contribution in [0.5, 0.6) is 0 Å². The molecule has 2 aromatic carbocycles. The first-order valence-electron chi connectivity index (χ1n) is 9.09. The van der Waals surface area contributed by atoms with E-state index < -0.39 is 17.3 Å². The average Bonchev–Trinajstić information content (AvgIpc) is 3.11. The summed E-state index contributed by atoms with van der Waals surface area (Å²) in [5, 5.41) is 3.48. The van der Waals surface area contributed by atoms with Crippen molar-refractivity contribution in [2.75, 3.05) is 12.4 Å². The summed E-state index contributed by atoms with van der Waals surface area (Å²) in [6, 6.07) is 11.2. The van der Waals surface area contributed by atoms with Gasteiger partial charge in [0.15, 0.2) is 11.7 Å². The second-order valence-corrected chi connectivity index (χ2v) is 8.23. The smallest absolute Gasteiger partial charge is 0.291 e. The van der Waals surface area contributed by atoms with E-state index in [1.54, 1.807) is 19.1 Å². The Morgan fingerprint density at radius 1 is 1.30 bits per heavy atom. The SMILES string of the molecule is CN1C(=O)CC(C)(c2cc(NC(=O)c3cc4cc(Br)ccc4o3)ccc2F)N=C1N. The quantitative estimate of drug-likeness (QED) is 0.601. The molecule has 1 unspecified atom stereocenters. The summed E-state index contributed by atoms with van der Waals surface area (Å²) in [4.78, 5) is 30.4. The van der Waals surface area contributed by atoms with Gasteiger partial charge >= 0.3 is 0 Å². The number of fused-ring (bicyclic) bond motifs is 1. The number of hydrogen-bond acceptors (Lipinski definition) is 5. The number of aliphatic imine (C=N–C) groups is 1. The molecule has 0 spiro atoms.